The second-order valence-electron chi connectivity index (χ2n) is 2.48. The normalized spacial score (nSPS) is 12.1. The third-order valence-corrected chi connectivity index (χ3v) is 1.43. The number of nitrogens with two attached hydrogens (primary N) is 1. The Morgan fingerprint density at radius 3 is 2.92 bits per heavy atom. The molecule has 2 N–H and O–H groups in total. The molecule has 0 saturated carbocycles. The van der Waals surface area contributed by atoms with E-state index in [1.807, 2.05) is 25.1 Å². The van der Waals surface area contributed by atoms with Crippen LogP contribution < -0.4 is 5.73 Å². The quantitative estimate of drug-likeness (QED) is 0.690. The van der Waals surface area contributed by atoms with Crippen LogP contribution >= 0.6 is 0 Å². The smallest absolute Gasteiger partial charge is 0.177 e. The predicted molar refractivity (Wildman–Crippen MR) is 47.1 cm³/mol. The Morgan fingerprint density at radius 1 is 1.67 bits per heavy atom. The van der Waals surface area contributed by atoms with Crippen molar-refractivity contribution in [3.8, 4) is 0 Å². The van der Waals surface area contributed by atoms with E-state index in [1.165, 1.54) is 0 Å². The molecule has 0 aliphatic carbocycles. The molecule has 1 unspecified atom stereocenters. The summed E-state index contributed by atoms with van der Waals surface area (Å²) in [6.45, 7) is 5.32. The molecule has 0 aliphatic heterocycles. The summed E-state index contributed by atoms with van der Waals surface area (Å²) in [5.41, 5.74) is 6.14. The lowest BCUT2D eigenvalue weighted by atomic mass is 10.2. The van der Waals surface area contributed by atoms with Gasteiger partial charge in [0.15, 0.2) is 5.88 Å². The standard InChI is InChI=1S/C9H12N2O/c1-7(12-8(2)10)9-5-3-4-6-11-9/h3-7H,2,10H2,1H3. The molecule has 0 aromatic carbocycles. The fraction of sp³-hybridized carbons (Fsp3) is 0.222. The number of hydrogen-bond donors (Lipinski definition) is 1. The first-order valence-electron chi connectivity index (χ1n) is 3.72. The number of aromatic nitrogens is 1. The lowest BCUT2D eigenvalue weighted by Gasteiger charge is -2.12. The third-order valence-electron chi connectivity index (χ3n) is 1.43. The number of hydrogen-bond acceptors (Lipinski definition) is 3. The van der Waals surface area contributed by atoms with Crippen molar-refractivity contribution in [2.45, 2.75) is 13.0 Å². The second-order valence-corrected chi connectivity index (χ2v) is 2.48. The number of ether oxygens (including phenoxy) is 1. The van der Waals surface area contributed by atoms with Gasteiger partial charge in [0.05, 0.1) is 5.69 Å². The summed E-state index contributed by atoms with van der Waals surface area (Å²) in [6, 6.07) is 5.64. The zero-order chi connectivity index (χ0) is 8.97. The lowest BCUT2D eigenvalue weighted by Crippen LogP contribution is -2.06. The van der Waals surface area contributed by atoms with Gasteiger partial charge in [-0.15, -0.1) is 0 Å². The Balaban J connectivity index is 2.65. The lowest BCUT2D eigenvalue weighted by molar-refractivity contribution is 0.128. The first kappa shape index (κ1) is 8.59. The molecule has 3 nitrogen and oxygen atoms in total. The van der Waals surface area contributed by atoms with Crippen LogP contribution in [0.4, 0.5) is 0 Å². The van der Waals surface area contributed by atoms with Gasteiger partial charge in [0.2, 0.25) is 0 Å². The van der Waals surface area contributed by atoms with Gasteiger partial charge in [-0.2, -0.15) is 0 Å². The predicted octanol–water partition coefficient (Wildman–Crippen LogP) is 1.59. The first-order valence-corrected chi connectivity index (χ1v) is 3.72. The Bertz CT molecular complexity index is 258. The van der Waals surface area contributed by atoms with Gasteiger partial charge in [0.25, 0.3) is 0 Å². The molecule has 1 aromatic heterocycles. The summed E-state index contributed by atoms with van der Waals surface area (Å²) in [6.07, 6.45) is 1.58. The number of rotatable bonds is 3. The summed E-state index contributed by atoms with van der Waals surface area (Å²) < 4.78 is 5.16. The molecular weight excluding hydrogens is 152 g/mol. The van der Waals surface area contributed by atoms with E-state index in [9.17, 15) is 0 Å². The highest BCUT2D eigenvalue weighted by molar-refractivity contribution is 5.06. The van der Waals surface area contributed by atoms with Crippen molar-refractivity contribution in [1.82, 2.24) is 4.98 Å². The molecule has 1 rings (SSSR count). The molecule has 0 saturated heterocycles. The maximum Gasteiger partial charge on any atom is 0.177 e. The Labute approximate surface area is 71.9 Å². The van der Waals surface area contributed by atoms with E-state index in [-0.39, 0.29) is 12.0 Å². The average Bonchev–Trinajstić information content (AvgIpc) is 2.05. The summed E-state index contributed by atoms with van der Waals surface area (Å²) >= 11 is 0. The fourth-order valence-corrected chi connectivity index (χ4v) is 0.904. The maximum atomic E-state index is 5.29. The van der Waals surface area contributed by atoms with Gasteiger partial charge in [0.1, 0.15) is 6.10 Å². The molecule has 1 atom stereocenters. The zero-order valence-electron chi connectivity index (χ0n) is 7.03. The second kappa shape index (κ2) is 3.76. The van der Waals surface area contributed by atoms with Gasteiger partial charge in [-0.05, 0) is 25.6 Å². The molecule has 0 spiro atoms. The highest BCUT2D eigenvalue weighted by Crippen LogP contribution is 2.14. The summed E-state index contributed by atoms with van der Waals surface area (Å²) in [5, 5.41) is 0. The third kappa shape index (κ3) is 2.27. The SMILES string of the molecule is C=C(N)OC(C)c1ccccn1. The molecule has 3 heteroatoms. The summed E-state index contributed by atoms with van der Waals surface area (Å²) in [5.74, 6) is 0.216. The van der Waals surface area contributed by atoms with E-state index in [1.54, 1.807) is 6.20 Å². The fourth-order valence-electron chi connectivity index (χ4n) is 0.904. The highest BCUT2D eigenvalue weighted by atomic mass is 16.5. The van der Waals surface area contributed by atoms with E-state index in [0.717, 1.165) is 5.69 Å². The molecule has 1 heterocycles. The van der Waals surface area contributed by atoms with Gasteiger partial charge in [0, 0.05) is 6.20 Å². The van der Waals surface area contributed by atoms with E-state index < -0.39 is 0 Å². The van der Waals surface area contributed by atoms with Crippen LogP contribution in [0, 0.1) is 0 Å². The van der Waals surface area contributed by atoms with Crippen molar-refractivity contribution in [2.24, 2.45) is 5.73 Å². The van der Waals surface area contributed by atoms with E-state index >= 15 is 0 Å². The van der Waals surface area contributed by atoms with Crippen LogP contribution in [0.25, 0.3) is 0 Å². The molecule has 0 fully saturated rings. The molecule has 1 aromatic rings. The van der Waals surface area contributed by atoms with Crippen LogP contribution in [0.3, 0.4) is 0 Å². The van der Waals surface area contributed by atoms with Crippen LogP contribution in [0.1, 0.15) is 18.7 Å². The number of nitrogens with zero attached hydrogens (tertiary/aromatic N) is 1. The van der Waals surface area contributed by atoms with Crippen LogP contribution in [0.5, 0.6) is 0 Å². The van der Waals surface area contributed by atoms with Crippen molar-refractivity contribution in [3.05, 3.63) is 42.6 Å². The van der Waals surface area contributed by atoms with Crippen LogP contribution in [0.2, 0.25) is 0 Å². The molecule has 0 aliphatic rings. The molecular formula is C9H12N2O. The van der Waals surface area contributed by atoms with E-state index in [0.29, 0.717) is 0 Å². The summed E-state index contributed by atoms with van der Waals surface area (Å²) in [7, 11) is 0. The van der Waals surface area contributed by atoms with Crippen molar-refractivity contribution in [3.63, 3.8) is 0 Å². The summed E-state index contributed by atoms with van der Waals surface area (Å²) in [4.78, 5) is 4.11. The first-order chi connectivity index (χ1) is 5.70. The van der Waals surface area contributed by atoms with Crippen LogP contribution in [-0.4, -0.2) is 4.98 Å². The average molecular weight is 164 g/mol. The number of pyridine rings is 1. The minimum absolute atomic E-state index is 0.135. The minimum atomic E-state index is -0.135. The monoisotopic (exact) mass is 164 g/mol. The molecule has 12 heavy (non-hydrogen) atoms. The van der Waals surface area contributed by atoms with E-state index in [2.05, 4.69) is 11.6 Å². The molecule has 0 amide bonds. The molecule has 0 radical (unpaired) electrons. The largest absolute Gasteiger partial charge is 0.471 e. The molecule has 64 valence electrons. The Hall–Kier alpha value is -1.51. The van der Waals surface area contributed by atoms with Crippen molar-refractivity contribution in [2.75, 3.05) is 0 Å². The van der Waals surface area contributed by atoms with Crippen LogP contribution in [0.15, 0.2) is 36.9 Å². The topological polar surface area (TPSA) is 48.1 Å². The van der Waals surface area contributed by atoms with Gasteiger partial charge >= 0.3 is 0 Å². The highest BCUT2D eigenvalue weighted by Gasteiger charge is 2.05. The van der Waals surface area contributed by atoms with Gasteiger partial charge < -0.3 is 10.5 Å². The van der Waals surface area contributed by atoms with Crippen molar-refractivity contribution in [1.29, 1.82) is 0 Å². The maximum absolute atomic E-state index is 5.29. The van der Waals surface area contributed by atoms with Crippen molar-refractivity contribution >= 4 is 0 Å². The molecule has 0 bridgehead atoms. The minimum Gasteiger partial charge on any atom is -0.471 e. The van der Waals surface area contributed by atoms with Crippen molar-refractivity contribution < 1.29 is 4.74 Å². The van der Waals surface area contributed by atoms with E-state index in [4.69, 9.17) is 10.5 Å². The van der Waals surface area contributed by atoms with Gasteiger partial charge in [-0.1, -0.05) is 6.07 Å². The Morgan fingerprint density at radius 2 is 2.42 bits per heavy atom. The zero-order valence-corrected chi connectivity index (χ0v) is 7.03. The van der Waals surface area contributed by atoms with Gasteiger partial charge in [-0.3, -0.25) is 4.98 Å². The Kier molecular flexibility index (Phi) is 2.69. The van der Waals surface area contributed by atoms with Crippen LogP contribution in [-0.2, 0) is 4.74 Å². The van der Waals surface area contributed by atoms with Gasteiger partial charge in [-0.25, -0.2) is 0 Å².